The van der Waals surface area contributed by atoms with Gasteiger partial charge in [0.2, 0.25) is 0 Å². The summed E-state index contributed by atoms with van der Waals surface area (Å²) in [7, 11) is 0. The number of benzene rings is 1. The maximum absolute atomic E-state index is 14.0. The predicted octanol–water partition coefficient (Wildman–Crippen LogP) is 1.64. The number of rotatable bonds is 3. The molecular formula is C13H11F2N3O2. The number of carbonyl (C=O) groups is 1. The lowest BCUT2D eigenvalue weighted by atomic mass is 9.77. The van der Waals surface area contributed by atoms with Crippen LogP contribution in [0, 0.1) is 17.6 Å². The van der Waals surface area contributed by atoms with Gasteiger partial charge in [-0.25, -0.2) is 18.4 Å². The number of halogens is 2. The zero-order valence-electron chi connectivity index (χ0n) is 10.6. The van der Waals surface area contributed by atoms with E-state index >= 15 is 0 Å². The van der Waals surface area contributed by atoms with Gasteiger partial charge < -0.3 is 4.74 Å². The Bertz CT molecular complexity index is 660. The first-order valence-corrected chi connectivity index (χ1v) is 6.04. The van der Waals surface area contributed by atoms with Crippen molar-refractivity contribution in [3.63, 3.8) is 0 Å². The maximum atomic E-state index is 14.0. The van der Waals surface area contributed by atoms with Gasteiger partial charge in [0.15, 0.2) is 5.60 Å². The highest BCUT2D eigenvalue weighted by atomic mass is 19.1. The summed E-state index contributed by atoms with van der Waals surface area (Å²) in [6.45, 7) is 1.77. The Kier molecular flexibility index (Phi) is 2.77. The molecule has 104 valence electrons. The molecule has 0 saturated carbocycles. The molecule has 1 aromatic carbocycles. The Balaban J connectivity index is 2.04. The lowest BCUT2D eigenvalue weighted by molar-refractivity contribution is -0.219. The molecule has 0 spiro atoms. The molecule has 1 fully saturated rings. The molecule has 7 heteroatoms. The average molecular weight is 279 g/mol. The summed E-state index contributed by atoms with van der Waals surface area (Å²) in [5.41, 5.74) is -1.04. The van der Waals surface area contributed by atoms with Gasteiger partial charge in [-0.1, -0.05) is 0 Å². The van der Waals surface area contributed by atoms with Crippen LogP contribution in [0.25, 0.3) is 0 Å². The van der Waals surface area contributed by atoms with Crippen molar-refractivity contribution in [2.45, 2.75) is 19.1 Å². The summed E-state index contributed by atoms with van der Waals surface area (Å²) in [4.78, 5) is 15.3. The van der Waals surface area contributed by atoms with Gasteiger partial charge in [-0.2, -0.15) is 5.10 Å². The van der Waals surface area contributed by atoms with E-state index in [4.69, 9.17) is 4.74 Å². The topological polar surface area (TPSA) is 57.0 Å². The van der Waals surface area contributed by atoms with Crippen molar-refractivity contribution in [3.8, 4) is 0 Å². The zero-order valence-corrected chi connectivity index (χ0v) is 10.6. The van der Waals surface area contributed by atoms with Crippen molar-refractivity contribution in [1.82, 2.24) is 14.8 Å². The lowest BCUT2D eigenvalue weighted by Gasteiger charge is -2.46. The minimum atomic E-state index is -1.18. The van der Waals surface area contributed by atoms with Gasteiger partial charge in [0.25, 0.3) is 0 Å². The quantitative estimate of drug-likeness (QED) is 0.802. The van der Waals surface area contributed by atoms with Crippen LogP contribution in [0.5, 0.6) is 0 Å². The number of hydrogen-bond donors (Lipinski definition) is 0. The molecule has 0 unspecified atom stereocenters. The average Bonchev–Trinajstić information content (AvgIpc) is 2.90. The van der Waals surface area contributed by atoms with E-state index in [1.165, 1.54) is 23.4 Å². The normalized spacial score (nSPS) is 25.1. The fraction of sp³-hybridized carbons (Fsp3) is 0.308. The number of ether oxygens (including phenoxy) is 1. The Labute approximate surface area is 113 Å². The molecule has 0 N–H and O–H groups in total. The summed E-state index contributed by atoms with van der Waals surface area (Å²) in [6, 6.07) is 3.21. The third-order valence-electron chi connectivity index (χ3n) is 3.59. The fourth-order valence-electron chi connectivity index (χ4n) is 2.42. The molecule has 0 bridgehead atoms. The van der Waals surface area contributed by atoms with Crippen LogP contribution in [0.15, 0.2) is 30.9 Å². The molecule has 2 heterocycles. The Morgan fingerprint density at radius 2 is 2.25 bits per heavy atom. The number of carbonyl (C=O) groups excluding carboxylic acids is 1. The van der Waals surface area contributed by atoms with Gasteiger partial charge in [-0.05, 0) is 19.1 Å². The summed E-state index contributed by atoms with van der Waals surface area (Å²) in [5, 5.41) is 3.93. The molecule has 0 radical (unpaired) electrons. The van der Waals surface area contributed by atoms with Gasteiger partial charge in [0, 0.05) is 11.6 Å². The van der Waals surface area contributed by atoms with Gasteiger partial charge in [0.05, 0.1) is 6.54 Å². The molecule has 2 atom stereocenters. The van der Waals surface area contributed by atoms with Crippen molar-refractivity contribution in [2.75, 3.05) is 0 Å². The standard InChI is InChI=1S/C13H11F2N3O2/c1-8-12(19)20-13(8,5-18-7-16-6-17-18)10-3-2-9(14)4-11(10)15/h2-4,6-8H,5H2,1H3/t8-,13+/m0/s1. The molecule has 5 nitrogen and oxygen atoms in total. The number of cyclic esters (lactones) is 1. The number of nitrogens with zero attached hydrogens (tertiary/aromatic N) is 3. The summed E-state index contributed by atoms with van der Waals surface area (Å²) < 4.78 is 33.7. The van der Waals surface area contributed by atoms with Gasteiger partial charge in [-0.3, -0.25) is 4.79 Å². The summed E-state index contributed by atoms with van der Waals surface area (Å²) in [5.74, 6) is -2.40. The van der Waals surface area contributed by atoms with Crippen LogP contribution in [0.1, 0.15) is 12.5 Å². The minimum absolute atomic E-state index is 0.127. The molecule has 2 aromatic rings. The fourth-order valence-corrected chi connectivity index (χ4v) is 2.42. The van der Waals surface area contributed by atoms with Crippen LogP contribution in [-0.2, 0) is 21.7 Å². The van der Waals surface area contributed by atoms with E-state index in [0.717, 1.165) is 12.1 Å². The molecular weight excluding hydrogens is 268 g/mol. The van der Waals surface area contributed by atoms with E-state index in [2.05, 4.69) is 10.1 Å². The van der Waals surface area contributed by atoms with Gasteiger partial charge in [-0.15, -0.1) is 0 Å². The van der Waals surface area contributed by atoms with Crippen molar-refractivity contribution in [3.05, 3.63) is 48.1 Å². The number of esters is 1. The Hall–Kier alpha value is -2.31. The van der Waals surface area contributed by atoms with Crippen molar-refractivity contribution in [2.24, 2.45) is 5.92 Å². The van der Waals surface area contributed by atoms with Crippen LogP contribution >= 0.6 is 0 Å². The van der Waals surface area contributed by atoms with E-state index in [9.17, 15) is 13.6 Å². The van der Waals surface area contributed by atoms with Crippen LogP contribution in [0.3, 0.4) is 0 Å². The Morgan fingerprint density at radius 1 is 1.45 bits per heavy atom. The summed E-state index contributed by atoms with van der Waals surface area (Å²) >= 11 is 0. The third kappa shape index (κ3) is 1.77. The predicted molar refractivity (Wildman–Crippen MR) is 63.3 cm³/mol. The van der Waals surface area contributed by atoms with Crippen LogP contribution in [0.4, 0.5) is 8.78 Å². The first-order chi connectivity index (χ1) is 9.53. The number of hydrogen-bond acceptors (Lipinski definition) is 4. The minimum Gasteiger partial charge on any atom is -0.451 e. The smallest absolute Gasteiger partial charge is 0.314 e. The zero-order chi connectivity index (χ0) is 14.3. The van der Waals surface area contributed by atoms with E-state index in [1.807, 2.05) is 0 Å². The van der Waals surface area contributed by atoms with Crippen LogP contribution < -0.4 is 0 Å². The SMILES string of the molecule is C[C@H]1C(=O)O[C@@]1(Cn1cncn1)c1ccc(F)cc1F. The van der Waals surface area contributed by atoms with E-state index in [1.54, 1.807) is 6.92 Å². The second kappa shape index (κ2) is 4.36. The largest absolute Gasteiger partial charge is 0.451 e. The highest BCUT2D eigenvalue weighted by molar-refractivity contribution is 5.80. The van der Waals surface area contributed by atoms with E-state index < -0.39 is 29.1 Å². The molecule has 1 aliphatic rings. The highest BCUT2D eigenvalue weighted by Gasteiger charge is 2.56. The van der Waals surface area contributed by atoms with E-state index in [-0.39, 0.29) is 12.1 Å². The molecule has 1 saturated heterocycles. The Morgan fingerprint density at radius 3 is 2.80 bits per heavy atom. The molecule has 1 aliphatic heterocycles. The van der Waals surface area contributed by atoms with E-state index in [0.29, 0.717) is 0 Å². The molecule has 1 aromatic heterocycles. The molecule has 3 rings (SSSR count). The van der Waals surface area contributed by atoms with Crippen molar-refractivity contribution in [1.29, 1.82) is 0 Å². The van der Waals surface area contributed by atoms with Crippen molar-refractivity contribution < 1.29 is 18.3 Å². The maximum Gasteiger partial charge on any atom is 0.314 e. The second-order valence-electron chi connectivity index (χ2n) is 4.75. The van der Waals surface area contributed by atoms with Gasteiger partial charge >= 0.3 is 5.97 Å². The molecule has 0 amide bonds. The monoisotopic (exact) mass is 279 g/mol. The molecule has 20 heavy (non-hydrogen) atoms. The highest BCUT2D eigenvalue weighted by Crippen LogP contribution is 2.45. The van der Waals surface area contributed by atoms with Crippen LogP contribution in [-0.4, -0.2) is 20.7 Å². The van der Waals surface area contributed by atoms with Gasteiger partial charge in [0.1, 0.15) is 30.2 Å². The first-order valence-electron chi connectivity index (χ1n) is 6.04. The van der Waals surface area contributed by atoms with Crippen molar-refractivity contribution >= 4 is 5.97 Å². The van der Waals surface area contributed by atoms with Crippen LogP contribution in [0.2, 0.25) is 0 Å². The summed E-state index contributed by atoms with van der Waals surface area (Å²) in [6.07, 6.45) is 2.78. The first kappa shape index (κ1) is 12.7. The third-order valence-corrected chi connectivity index (χ3v) is 3.59. The molecule has 0 aliphatic carbocycles. The lowest BCUT2D eigenvalue weighted by Crippen LogP contribution is -2.56. The second-order valence-corrected chi connectivity index (χ2v) is 4.75. The number of aromatic nitrogens is 3.